The Morgan fingerprint density at radius 1 is 1.08 bits per heavy atom. The number of allylic oxidation sites excluding steroid dienone is 2. The predicted molar refractivity (Wildman–Crippen MR) is 222 cm³/mol. The zero-order valence-electron chi connectivity index (χ0n) is 35.5. The van der Waals surface area contributed by atoms with Gasteiger partial charge in [-0.3, -0.25) is 19.8 Å². The minimum absolute atomic E-state index is 0.0537. The molecular formula is C45H60F2N8O4. The summed E-state index contributed by atoms with van der Waals surface area (Å²) in [5.74, 6) is -0.502. The Morgan fingerprint density at radius 3 is 2.51 bits per heavy atom. The first-order valence-electron chi connectivity index (χ1n) is 21.8. The number of alkyl halides is 1. The van der Waals surface area contributed by atoms with Gasteiger partial charge in [0.15, 0.2) is 0 Å². The predicted octanol–water partition coefficient (Wildman–Crippen LogP) is 5.66. The Kier molecular flexibility index (Phi) is 9.81. The van der Waals surface area contributed by atoms with Gasteiger partial charge in [-0.15, -0.1) is 0 Å². The summed E-state index contributed by atoms with van der Waals surface area (Å²) < 4.78 is 36.0. The molecule has 59 heavy (non-hydrogen) atoms. The molecule has 3 aliphatic carbocycles. The molecule has 318 valence electrons. The van der Waals surface area contributed by atoms with Gasteiger partial charge in [-0.25, -0.2) is 18.6 Å². The van der Waals surface area contributed by atoms with Crippen molar-refractivity contribution in [1.82, 2.24) is 30.2 Å². The number of amides is 3. The first kappa shape index (κ1) is 40.1. The van der Waals surface area contributed by atoms with Crippen LogP contribution in [0.4, 0.5) is 19.3 Å². The number of nitrogens with one attached hydrogen (secondary N) is 3. The van der Waals surface area contributed by atoms with Crippen molar-refractivity contribution in [1.29, 1.82) is 0 Å². The number of carbonyl (C=O) groups excluding carboxylic acids is 3. The van der Waals surface area contributed by atoms with E-state index in [0.29, 0.717) is 50.0 Å². The Hall–Kier alpha value is -4.30. The van der Waals surface area contributed by atoms with E-state index in [9.17, 15) is 14.0 Å². The summed E-state index contributed by atoms with van der Waals surface area (Å²) in [7, 11) is 1.56. The SMILES string of the molecule is CNC(=O)c1cc(NC2NC(C3=CC=C4C5(CCN(C(=O)OC(C)(C)C)CC5)C(=O)N(C5CC(N6CCC[C@@H](F)C6)C5)C45CC35)C=C3N=CN(C(C)C)C32)c(F)cc1C. The van der Waals surface area contributed by atoms with Crippen LogP contribution >= 0.6 is 0 Å². The molecule has 0 aromatic heterocycles. The van der Waals surface area contributed by atoms with Crippen molar-refractivity contribution in [2.75, 3.05) is 38.5 Å². The fraction of sp³-hybridized carbons (Fsp3) is 0.644. The fourth-order valence-corrected chi connectivity index (χ4v) is 11.4. The lowest BCUT2D eigenvalue weighted by Gasteiger charge is -2.50. The lowest BCUT2D eigenvalue weighted by atomic mass is 9.70. The van der Waals surface area contributed by atoms with Crippen molar-refractivity contribution < 1.29 is 27.9 Å². The molecule has 0 bridgehead atoms. The highest BCUT2D eigenvalue weighted by molar-refractivity contribution is 5.96. The summed E-state index contributed by atoms with van der Waals surface area (Å²) in [5, 5.41) is 9.95. The average Bonchev–Trinajstić information content (AvgIpc) is 3.71. The molecule has 2 spiro atoms. The summed E-state index contributed by atoms with van der Waals surface area (Å²) in [6.45, 7) is 13.8. The molecule has 6 atom stereocenters. The van der Waals surface area contributed by atoms with Crippen molar-refractivity contribution >= 4 is 29.9 Å². The number of ether oxygens (including phenoxy) is 1. The number of aliphatic imine (C=N–C) groups is 1. The van der Waals surface area contributed by atoms with E-state index in [4.69, 9.17) is 9.73 Å². The fourth-order valence-electron chi connectivity index (χ4n) is 11.4. The summed E-state index contributed by atoms with van der Waals surface area (Å²) in [6.07, 6.45) is 11.9. The molecule has 14 heteroatoms. The third-order valence-electron chi connectivity index (χ3n) is 14.5. The molecule has 0 radical (unpaired) electrons. The molecular weight excluding hydrogens is 755 g/mol. The topological polar surface area (TPSA) is 122 Å². The number of rotatable bonds is 7. The number of aryl methyl sites for hydroxylation is 1. The van der Waals surface area contributed by atoms with E-state index in [2.05, 4.69) is 62.7 Å². The minimum atomic E-state index is -0.797. The standard InChI is InChI=1S/C45H60F2N8O4/c1-25(2)54-24-49-36-21-34(50-39(38(36)54)51-35-20-31(40(56)48-7)26(3)17-33(35)47)30-10-11-37-44(12-15-52(16-13-44)42(58)59-43(4,5)6)41(57)55(45(37)22-32(30)45)29-18-28(19-29)53-14-8-9-27(46)23-53/h10-11,17,20-21,24-25,27-29,32,34,38-39,50-51H,8-9,12-16,18-19,22-23H2,1-7H3,(H,48,56)/t27-,28?,29?,32?,34?,38?,39?,45?/m1/s1. The summed E-state index contributed by atoms with van der Waals surface area (Å²) >= 11 is 0. The Balaban J connectivity index is 1.04. The molecule has 5 aliphatic heterocycles. The maximum atomic E-state index is 15.7. The van der Waals surface area contributed by atoms with Crippen LogP contribution in [0.3, 0.4) is 0 Å². The molecule has 1 aromatic carbocycles. The van der Waals surface area contributed by atoms with Crippen molar-refractivity contribution in [2.24, 2.45) is 16.3 Å². The van der Waals surface area contributed by atoms with E-state index < -0.39 is 34.7 Å². The van der Waals surface area contributed by atoms with Crippen LogP contribution < -0.4 is 16.0 Å². The molecule has 2 saturated carbocycles. The molecule has 5 fully saturated rings. The molecule has 9 rings (SSSR count). The Labute approximate surface area is 346 Å². The van der Waals surface area contributed by atoms with Gasteiger partial charge in [0.05, 0.1) is 34.7 Å². The van der Waals surface area contributed by atoms with Crippen LogP contribution in [0.15, 0.2) is 52.2 Å². The molecule has 8 aliphatic rings. The maximum absolute atomic E-state index is 15.7. The zero-order valence-corrected chi connectivity index (χ0v) is 35.5. The second-order valence-corrected chi connectivity index (χ2v) is 19.5. The number of piperidine rings is 2. The van der Waals surface area contributed by atoms with Gasteiger partial charge in [0.2, 0.25) is 5.91 Å². The number of fused-ring (bicyclic) bond motifs is 2. The van der Waals surface area contributed by atoms with Gasteiger partial charge in [-0.1, -0.05) is 12.2 Å². The average molecular weight is 815 g/mol. The molecule has 5 unspecified atom stereocenters. The summed E-state index contributed by atoms with van der Waals surface area (Å²) in [6, 6.07) is 2.92. The van der Waals surface area contributed by atoms with Gasteiger partial charge in [-0.2, -0.15) is 0 Å². The first-order valence-corrected chi connectivity index (χ1v) is 21.8. The van der Waals surface area contributed by atoms with Crippen LogP contribution in [-0.4, -0.2) is 131 Å². The largest absolute Gasteiger partial charge is 0.444 e. The van der Waals surface area contributed by atoms with Gasteiger partial charge >= 0.3 is 6.09 Å². The molecule has 12 nitrogen and oxygen atoms in total. The molecule has 3 saturated heterocycles. The van der Waals surface area contributed by atoms with Crippen molar-refractivity contribution in [3.8, 4) is 0 Å². The molecule has 5 heterocycles. The first-order chi connectivity index (χ1) is 28.0. The number of benzene rings is 1. The number of halogens is 2. The normalized spacial score (nSPS) is 33.5. The van der Waals surface area contributed by atoms with Crippen LogP contribution in [0.2, 0.25) is 0 Å². The van der Waals surface area contributed by atoms with E-state index in [-0.39, 0.29) is 59.7 Å². The summed E-state index contributed by atoms with van der Waals surface area (Å²) in [4.78, 5) is 54.5. The lowest BCUT2D eigenvalue weighted by Crippen LogP contribution is -2.60. The van der Waals surface area contributed by atoms with Crippen molar-refractivity contribution in [3.63, 3.8) is 0 Å². The molecule has 1 aromatic rings. The second-order valence-electron chi connectivity index (χ2n) is 19.5. The Morgan fingerprint density at radius 2 is 1.83 bits per heavy atom. The van der Waals surface area contributed by atoms with E-state index in [1.165, 1.54) is 11.6 Å². The number of likely N-dealkylation sites (tertiary alicyclic amines) is 3. The van der Waals surface area contributed by atoms with Crippen LogP contribution in [-0.2, 0) is 9.53 Å². The van der Waals surface area contributed by atoms with E-state index in [1.54, 1.807) is 24.9 Å². The highest BCUT2D eigenvalue weighted by Crippen LogP contribution is 2.71. The van der Waals surface area contributed by atoms with Crippen molar-refractivity contribution in [3.05, 3.63) is 64.1 Å². The van der Waals surface area contributed by atoms with Crippen molar-refractivity contribution in [2.45, 2.75) is 140 Å². The number of hydrogen-bond acceptors (Lipinski definition) is 9. The van der Waals surface area contributed by atoms with Gasteiger partial charge in [0.25, 0.3) is 5.91 Å². The monoisotopic (exact) mass is 814 g/mol. The Bertz CT molecular complexity index is 2050. The molecule has 3 N–H and O–H groups in total. The lowest BCUT2D eigenvalue weighted by molar-refractivity contribution is -0.144. The number of nitrogens with zero attached hydrogens (tertiary/aromatic N) is 5. The maximum Gasteiger partial charge on any atom is 0.410 e. The van der Waals surface area contributed by atoms with Crippen LogP contribution in [0.1, 0.15) is 95.5 Å². The minimum Gasteiger partial charge on any atom is -0.444 e. The number of hydrogen-bond donors (Lipinski definition) is 3. The van der Waals surface area contributed by atoms with E-state index in [0.717, 1.165) is 43.5 Å². The number of carbonyl (C=O) groups is 3. The van der Waals surface area contributed by atoms with E-state index in [1.807, 2.05) is 27.1 Å². The van der Waals surface area contributed by atoms with Gasteiger partial charge in [0.1, 0.15) is 29.8 Å². The highest BCUT2D eigenvalue weighted by atomic mass is 19.1. The van der Waals surface area contributed by atoms with Gasteiger partial charge < -0.3 is 30.1 Å². The smallest absolute Gasteiger partial charge is 0.410 e. The van der Waals surface area contributed by atoms with Gasteiger partial charge in [-0.05, 0) is 128 Å². The third-order valence-corrected chi connectivity index (χ3v) is 14.5. The molecule has 3 amide bonds. The summed E-state index contributed by atoms with van der Waals surface area (Å²) in [5.41, 5.74) is 2.60. The third kappa shape index (κ3) is 6.58. The second kappa shape index (κ2) is 14.4. The van der Waals surface area contributed by atoms with E-state index >= 15 is 9.18 Å². The number of anilines is 1. The van der Waals surface area contributed by atoms with Crippen LogP contribution in [0.5, 0.6) is 0 Å². The van der Waals surface area contributed by atoms with Gasteiger partial charge in [0, 0.05) is 56.3 Å². The van der Waals surface area contributed by atoms with Crippen LogP contribution in [0.25, 0.3) is 0 Å². The zero-order chi connectivity index (χ0) is 41.8. The van der Waals surface area contributed by atoms with Crippen LogP contribution in [0, 0.1) is 24.1 Å². The quantitative estimate of drug-likeness (QED) is 0.323. The highest BCUT2D eigenvalue weighted by Gasteiger charge is 2.76.